The van der Waals surface area contributed by atoms with Crippen molar-refractivity contribution >= 4 is 5.91 Å². The third kappa shape index (κ3) is 4.23. The Kier molecular flexibility index (Phi) is 5.41. The van der Waals surface area contributed by atoms with Gasteiger partial charge in [-0.25, -0.2) is 0 Å². The minimum Gasteiger partial charge on any atom is -0.381 e. The van der Waals surface area contributed by atoms with Gasteiger partial charge in [0, 0.05) is 32.4 Å². The van der Waals surface area contributed by atoms with Gasteiger partial charge in [-0.05, 0) is 32.1 Å². The lowest BCUT2D eigenvalue weighted by Gasteiger charge is -2.23. The van der Waals surface area contributed by atoms with Crippen molar-refractivity contribution in [3.63, 3.8) is 0 Å². The Morgan fingerprint density at radius 2 is 2.00 bits per heavy atom. The Hall–Kier alpha value is -0.650. The first-order valence-corrected chi connectivity index (χ1v) is 6.95. The summed E-state index contributed by atoms with van der Waals surface area (Å²) < 4.78 is 10.8. The van der Waals surface area contributed by atoms with E-state index in [-0.39, 0.29) is 5.91 Å². The van der Waals surface area contributed by atoms with Crippen LogP contribution in [0.1, 0.15) is 26.2 Å². The summed E-state index contributed by atoms with van der Waals surface area (Å²) in [5.41, 5.74) is 0. The van der Waals surface area contributed by atoms with E-state index >= 15 is 0 Å². The van der Waals surface area contributed by atoms with E-state index in [1.807, 2.05) is 0 Å². The van der Waals surface area contributed by atoms with Gasteiger partial charge in [-0.15, -0.1) is 0 Å². The van der Waals surface area contributed by atoms with Crippen molar-refractivity contribution in [2.75, 3.05) is 32.9 Å². The van der Waals surface area contributed by atoms with Gasteiger partial charge in [-0.2, -0.15) is 0 Å². The second kappa shape index (κ2) is 7.07. The van der Waals surface area contributed by atoms with Gasteiger partial charge in [0.1, 0.15) is 0 Å². The van der Waals surface area contributed by atoms with Crippen LogP contribution in [-0.4, -0.2) is 51.0 Å². The molecule has 0 aliphatic carbocycles. The van der Waals surface area contributed by atoms with Crippen LogP contribution in [0.15, 0.2) is 0 Å². The maximum Gasteiger partial charge on any atom is 0.234 e. The van der Waals surface area contributed by atoms with Crippen molar-refractivity contribution in [3.05, 3.63) is 0 Å². The molecule has 0 radical (unpaired) electrons. The molecule has 0 bridgehead atoms. The van der Waals surface area contributed by atoms with Crippen LogP contribution in [0, 0.1) is 5.92 Å². The van der Waals surface area contributed by atoms with Gasteiger partial charge < -0.3 is 20.1 Å². The van der Waals surface area contributed by atoms with Gasteiger partial charge in [0.05, 0.1) is 12.6 Å². The summed E-state index contributed by atoms with van der Waals surface area (Å²) in [4.78, 5) is 11.7. The first-order chi connectivity index (χ1) is 8.75. The van der Waals surface area contributed by atoms with Gasteiger partial charge in [0.15, 0.2) is 0 Å². The van der Waals surface area contributed by atoms with Gasteiger partial charge in [-0.1, -0.05) is 0 Å². The van der Waals surface area contributed by atoms with Crippen LogP contribution in [0.2, 0.25) is 0 Å². The molecule has 5 nitrogen and oxygen atoms in total. The van der Waals surface area contributed by atoms with Crippen LogP contribution in [-0.2, 0) is 14.3 Å². The molecule has 2 N–H and O–H groups in total. The standard InChI is InChI=1S/C13H24N2O3/c1-10-11(2-7-18-10)8-14-9-13(16)15-12-3-5-17-6-4-12/h10-12,14H,2-9H2,1H3,(H,15,16). The van der Waals surface area contributed by atoms with E-state index in [1.165, 1.54) is 0 Å². The van der Waals surface area contributed by atoms with Gasteiger partial charge in [-0.3, -0.25) is 4.79 Å². The van der Waals surface area contributed by atoms with E-state index in [0.717, 1.165) is 45.6 Å². The smallest absolute Gasteiger partial charge is 0.234 e. The normalized spacial score (nSPS) is 29.4. The monoisotopic (exact) mass is 256 g/mol. The van der Waals surface area contributed by atoms with Gasteiger partial charge >= 0.3 is 0 Å². The molecule has 104 valence electrons. The molecule has 18 heavy (non-hydrogen) atoms. The summed E-state index contributed by atoms with van der Waals surface area (Å²) in [5, 5.41) is 6.27. The van der Waals surface area contributed by atoms with E-state index in [1.54, 1.807) is 0 Å². The summed E-state index contributed by atoms with van der Waals surface area (Å²) >= 11 is 0. The van der Waals surface area contributed by atoms with Crippen molar-refractivity contribution in [1.82, 2.24) is 10.6 Å². The molecule has 1 amide bonds. The second-order valence-electron chi connectivity index (χ2n) is 5.21. The van der Waals surface area contributed by atoms with Crippen molar-refractivity contribution in [1.29, 1.82) is 0 Å². The number of amides is 1. The number of hydrogen-bond donors (Lipinski definition) is 2. The molecule has 2 aliphatic heterocycles. The highest BCUT2D eigenvalue weighted by Gasteiger charge is 2.23. The van der Waals surface area contributed by atoms with Crippen LogP contribution in [0.4, 0.5) is 0 Å². The van der Waals surface area contributed by atoms with Crippen LogP contribution in [0.3, 0.4) is 0 Å². The summed E-state index contributed by atoms with van der Waals surface area (Å²) in [7, 11) is 0. The molecule has 2 atom stereocenters. The number of carbonyl (C=O) groups excluding carboxylic acids is 1. The van der Waals surface area contributed by atoms with E-state index in [4.69, 9.17) is 9.47 Å². The Labute approximate surface area is 109 Å². The topological polar surface area (TPSA) is 59.6 Å². The fraction of sp³-hybridized carbons (Fsp3) is 0.923. The lowest BCUT2D eigenvalue weighted by atomic mass is 10.0. The maximum atomic E-state index is 11.7. The maximum absolute atomic E-state index is 11.7. The molecule has 2 rings (SSSR count). The molecular formula is C13H24N2O3. The number of rotatable bonds is 5. The van der Waals surface area contributed by atoms with Crippen LogP contribution >= 0.6 is 0 Å². The molecule has 5 heteroatoms. The molecule has 0 aromatic heterocycles. The number of nitrogens with one attached hydrogen (secondary N) is 2. The van der Waals surface area contributed by atoms with Crippen molar-refractivity contribution < 1.29 is 14.3 Å². The zero-order chi connectivity index (χ0) is 12.8. The molecule has 2 heterocycles. The first kappa shape index (κ1) is 13.8. The molecule has 0 aromatic rings. The molecule has 0 aromatic carbocycles. The zero-order valence-electron chi connectivity index (χ0n) is 11.1. The van der Waals surface area contributed by atoms with E-state index in [0.29, 0.717) is 24.6 Å². The van der Waals surface area contributed by atoms with Crippen molar-refractivity contribution in [3.8, 4) is 0 Å². The molecule has 0 spiro atoms. The second-order valence-corrected chi connectivity index (χ2v) is 5.21. The molecule has 2 unspecified atom stereocenters. The Morgan fingerprint density at radius 3 is 2.67 bits per heavy atom. The summed E-state index contributed by atoms with van der Waals surface area (Å²) in [6.07, 6.45) is 3.27. The van der Waals surface area contributed by atoms with Crippen LogP contribution in [0.5, 0.6) is 0 Å². The largest absolute Gasteiger partial charge is 0.381 e. The number of hydrogen-bond acceptors (Lipinski definition) is 4. The molecule has 2 aliphatic rings. The fourth-order valence-corrected chi connectivity index (χ4v) is 2.54. The minimum absolute atomic E-state index is 0.0912. The van der Waals surface area contributed by atoms with Crippen molar-refractivity contribution in [2.24, 2.45) is 5.92 Å². The third-order valence-corrected chi connectivity index (χ3v) is 3.81. The van der Waals surface area contributed by atoms with Crippen LogP contribution in [0.25, 0.3) is 0 Å². The minimum atomic E-state index is 0.0912. The average Bonchev–Trinajstić information content (AvgIpc) is 2.76. The highest BCUT2D eigenvalue weighted by molar-refractivity contribution is 5.78. The predicted octanol–water partition coefficient (Wildman–Crippen LogP) is 0.296. The predicted molar refractivity (Wildman–Crippen MR) is 68.4 cm³/mol. The summed E-state index contributed by atoms with van der Waals surface area (Å²) in [5.74, 6) is 0.634. The van der Waals surface area contributed by atoms with E-state index in [9.17, 15) is 4.79 Å². The molecule has 0 saturated carbocycles. The lowest BCUT2D eigenvalue weighted by molar-refractivity contribution is -0.121. The third-order valence-electron chi connectivity index (χ3n) is 3.81. The van der Waals surface area contributed by atoms with E-state index in [2.05, 4.69) is 17.6 Å². The van der Waals surface area contributed by atoms with Crippen LogP contribution < -0.4 is 10.6 Å². The first-order valence-electron chi connectivity index (χ1n) is 6.95. The molecule has 2 saturated heterocycles. The lowest BCUT2D eigenvalue weighted by Crippen LogP contribution is -2.44. The summed E-state index contributed by atoms with van der Waals surface area (Å²) in [6, 6.07) is 0.293. The van der Waals surface area contributed by atoms with Gasteiger partial charge in [0.2, 0.25) is 5.91 Å². The Bertz CT molecular complexity index is 267. The number of carbonyl (C=O) groups is 1. The SMILES string of the molecule is CC1OCCC1CNCC(=O)NC1CCOCC1. The Balaban J connectivity index is 1.56. The highest BCUT2D eigenvalue weighted by Crippen LogP contribution is 2.19. The molecule has 2 fully saturated rings. The molecular weight excluding hydrogens is 232 g/mol. The zero-order valence-corrected chi connectivity index (χ0v) is 11.1. The average molecular weight is 256 g/mol. The fourth-order valence-electron chi connectivity index (χ4n) is 2.54. The van der Waals surface area contributed by atoms with E-state index < -0.39 is 0 Å². The number of ether oxygens (including phenoxy) is 2. The Morgan fingerprint density at radius 1 is 1.22 bits per heavy atom. The van der Waals surface area contributed by atoms with Crippen molar-refractivity contribution in [2.45, 2.75) is 38.3 Å². The highest BCUT2D eigenvalue weighted by atomic mass is 16.5. The van der Waals surface area contributed by atoms with Gasteiger partial charge in [0.25, 0.3) is 0 Å². The quantitative estimate of drug-likeness (QED) is 0.742. The summed E-state index contributed by atoms with van der Waals surface area (Å²) in [6.45, 7) is 5.73.